The van der Waals surface area contributed by atoms with Crippen LogP contribution in [0.4, 0.5) is 0 Å². The molecule has 0 N–H and O–H groups in total. The van der Waals surface area contributed by atoms with Crippen LogP contribution in [0.1, 0.15) is 29.5 Å². The van der Waals surface area contributed by atoms with Gasteiger partial charge in [-0.2, -0.15) is 0 Å². The van der Waals surface area contributed by atoms with Crippen LogP contribution in [0.25, 0.3) is 0 Å². The number of ether oxygens (including phenoxy) is 2. The lowest BCUT2D eigenvalue weighted by Crippen LogP contribution is -2.31. The smallest absolute Gasteiger partial charge is 0.161 e. The van der Waals surface area contributed by atoms with Gasteiger partial charge >= 0.3 is 0 Å². The molecule has 0 saturated heterocycles. The molecule has 2 heteroatoms. The van der Waals surface area contributed by atoms with Gasteiger partial charge in [-0.1, -0.05) is 30.3 Å². The van der Waals surface area contributed by atoms with Crippen molar-refractivity contribution in [2.45, 2.75) is 38.2 Å². The monoisotopic (exact) mass is 280 g/mol. The Kier molecular flexibility index (Phi) is 3.30. The number of para-hydroxylation sites is 2. The largest absolute Gasteiger partial charge is 0.486 e. The SMILES string of the molecule is c1ccc2c(c1)OCC(Cc1ccc3c(c1)CCCC3)O2. The lowest BCUT2D eigenvalue weighted by Gasteiger charge is -2.27. The van der Waals surface area contributed by atoms with Crippen molar-refractivity contribution in [3.63, 3.8) is 0 Å². The molecule has 0 bridgehead atoms. The van der Waals surface area contributed by atoms with Crippen molar-refractivity contribution >= 4 is 0 Å². The van der Waals surface area contributed by atoms with Crippen LogP contribution in [0.3, 0.4) is 0 Å². The quantitative estimate of drug-likeness (QED) is 0.829. The lowest BCUT2D eigenvalue weighted by molar-refractivity contribution is 0.0913. The summed E-state index contributed by atoms with van der Waals surface area (Å²) < 4.78 is 11.9. The Labute approximate surface area is 125 Å². The normalized spacial score (nSPS) is 19.9. The predicted octanol–water partition coefficient (Wildman–Crippen LogP) is 3.95. The van der Waals surface area contributed by atoms with Crippen LogP contribution in [0, 0.1) is 0 Å². The maximum Gasteiger partial charge on any atom is 0.161 e. The van der Waals surface area contributed by atoms with E-state index in [0.717, 1.165) is 17.9 Å². The van der Waals surface area contributed by atoms with E-state index in [9.17, 15) is 0 Å². The van der Waals surface area contributed by atoms with Gasteiger partial charge in [0.15, 0.2) is 11.5 Å². The fraction of sp³-hybridized carbons (Fsp3) is 0.368. The summed E-state index contributed by atoms with van der Waals surface area (Å²) in [5.41, 5.74) is 4.44. The third-order valence-corrected chi connectivity index (χ3v) is 4.44. The molecule has 1 unspecified atom stereocenters. The van der Waals surface area contributed by atoms with E-state index in [1.165, 1.54) is 42.4 Å². The molecule has 1 aliphatic carbocycles. The van der Waals surface area contributed by atoms with E-state index in [2.05, 4.69) is 18.2 Å². The molecule has 0 amide bonds. The van der Waals surface area contributed by atoms with Crippen LogP contribution in [0.5, 0.6) is 11.5 Å². The summed E-state index contributed by atoms with van der Waals surface area (Å²) in [6.45, 7) is 0.633. The summed E-state index contributed by atoms with van der Waals surface area (Å²) >= 11 is 0. The van der Waals surface area contributed by atoms with Crippen molar-refractivity contribution in [1.82, 2.24) is 0 Å². The molecule has 1 aliphatic heterocycles. The number of rotatable bonds is 2. The maximum atomic E-state index is 6.05. The van der Waals surface area contributed by atoms with Crippen molar-refractivity contribution in [1.29, 1.82) is 0 Å². The molecule has 2 nitrogen and oxygen atoms in total. The highest BCUT2D eigenvalue weighted by Gasteiger charge is 2.21. The molecule has 108 valence electrons. The summed E-state index contributed by atoms with van der Waals surface area (Å²) in [4.78, 5) is 0. The topological polar surface area (TPSA) is 18.5 Å². The number of hydrogen-bond donors (Lipinski definition) is 0. The zero-order valence-corrected chi connectivity index (χ0v) is 12.2. The molecular formula is C19H20O2. The molecule has 1 atom stereocenters. The number of aryl methyl sites for hydroxylation is 2. The fourth-order valence-electron chi connectivity index (χ4n) is 3.34. The van der Waals surface area contributed by atoms with Gasteiger partial charge in [0.25, 0.3) is 0 Å². The van der Waals surface area contributed by atoms with E-state index in [0.29, 0.717) is 6.61 Å². The molecule has 21 heavy (non-hydrogen) atoms. The Morgan fingerprint density at radius 2 is 1.71 bits per heavy atom. The van der Waals surface area contributed by atoms with Crippen molar-refractivity contribution in [3.8, 4) is 11.5 Å². The van der Waals surface area contributed by atoms with E-state index in [-0.39, 0.29) is 6.10 Å². The van der Waals surface area contributed by atoms with Crippen LogP contribution in [0.15, 0.2) is 42.5 Å². The molecule has 0 saturated carbocycles. The highest BCUT2D eigenvalue weighted by atomic mass is 16.6. The van der Waals surface area contributed by atoms with E-state index < -0.39 is 0 Å². The summed E-state index contributed by atoms with van der Waals surface area (Å²) in [5, 5.41) is 0. The average Bonchev–Trinajstić information content (AvgIpc) is 2.55. The molecule has 2 aromatic rings. The maximum absolute atomic E-state index is 6.05. The summed E-state index contributed by atoms with van der Waals surface area (Å²) in [7, 11) is 0. The predicted molar refractivity (Wildman–Crippen MR) is 83.1 cm³/mol. The van der Waals surface area contributed by atoms with Gasteiger partial charge in [0.1, 0.15) is 12.7 Å². The molecule has 0 fully saturated rings. The first kappa shape index (κ1) is 12.8. The van der Waals surface area contributed by atoms with Crippen molar-refractivity contribution in [2.75, 3.05) is 6.61 Å². The van der Waals surface area contributed by atoms with Gasteiger partial charge in [0.05, 0.1) is 0 Å². The first-order valence-corrected chi connectivity index (χ1v) is 7.88. The Balaban J connectivity index is 1.50. The van der Waals surface area contributed by atoms with Crippen molar-refractivity contribution in [2.24, 2.45) is 0 Å². The Morgan fingerprint density at radius 1 is 0.905 bits per heavy atom. The summed E-state index contributed by atoms with van der Waals surface area (Å²) in [5.74, 6) is 1.73. The van der Waals surface area contributed by atoms with Crippen LogP contribution < -0.4 is 9.47 Å². The zero-order valence-electron chi connectivity index (χ0n) is 12.2. The molecule has 2 aliphatic rings. The van der Waals surface area contributed by atoms with Gasteiger partial charge in [0.2, 0.25) is 0 Å². The average molecular weight is 280 g/mol. The third kappa shape index (κ3) is 2.63. The van der Waals surface area contributed by atoms with Gasteiger partial charge in [0, 0.05) is 6.42 Å². The number of fused-ring (bicyclic) bond motifs is 2. The highest BCUT2D eigenvalue weighted by molar-refractivity contribution is 5.41. The Hall–Kier alpha value is -1.96. The molecule has 0 aromatic heterocycles. The fourth-order valence-corrected chi connectivity index (χ4v) is 3.34. The van der Waals surface area contributed by atoms with Gasteiger partial charge < -0.3 is 9.47 Å². The van der Waals surface area contributed by atoms with Gasteiger partial charge in [-0.15, -0.1) is 0 Å². The standard InChI is InChI=1S/C19H20O2/c1-2-6-16-11-14(9-10-15(16)5-1)12-17-13-20-18-7-3-4-8-19(18)21-17/h3-4,7-11,17H,1-2,5-6,12-13H2. The van der Waals surface area contributed by atoms with E-state index in [4.69, 9.17) is 9.47 Å². The number of benzene rings is 2. The summed E-state index contributed by atoms with van der Waals surface area (Å²) in [6.07, 6.45) is 6.17. The van der Waals surface area contributed by atoms with E-state index >= 15 is 0 Å². The molecule has 4 rings (SSSR count). The Bertz CT molecular complexity index is 648. The second-order valence-electron chi connectivity index (χ2n) is 6.01. The molecular weight excluding hydrogens is 260 g/mol. The molecule has 2 aromatic carbocycles. The van der Waals surface area contributed by atoms with Crippen molar-refractivity contribution < 1.29 is 9.47 Å². The first-order valence-electron chi connectivity index (χ1n) is 7.88. The molecule has 1 heterocycles. The van der Waals surface area contributed by atoms with Crippen LogP contribution in [0.2, 0.25) is 0 Å². The van der Waals surface area contributed by atoms with E-state index in [1.807, 2.05) is 24.3 Å². The number of hydrogen-bond acceptors (Lipinski definition) is 2. The van der Waals surface area contributed by atoms with Crippen LogP contribution in [-0.2, 0) is 19.3 Å². The van der Waals surface area contributed by atoms with Gasteiger partial charge in [-0.3, -0.25) is 0 Å². The minimum absolute atomic E-state index is 0.113. The molecule has 0 spiro atoms. The minimum atomic E-state index is 0.113. The van der Waals surface area contributed by atoms with Crippen LogP contribution >= 0.6 is 0 Å². The van der Waals surface area contributed by atoms with Crippen LogP contribution in [-0.4, -0.2) is 12.7 Å². The Morgan fingerprint density at radius 3 is 2.62 bits per heavy atom. The van der Waals surface area contributed by atoms with Crippen molar-refractivity contribution in [3.05, 3.63) is 59.2 Å². The second kappa shape index (κ2) is 5.44. The van der Waals surface area contributed by atoms with Gasteiger partial charge in [-0.25, -0.2) is 0 Å². The second-order valence-corrected chi connectivity index (χ2v) is 6.01. The lowest BCUT2D eigenvalue weighted by atomic mass is 9.89. The van der Waals surface area contributed by atoms with E-state index in [1.54, 1.807) is 0 Å². The van der Waals surface area contributed by atoms with Gasteiger partial charge in [-0.05, 0) is 54.5 Å². The summed E-state index contributed by atoms with van der Waals surface area (Å²) in [6, 6.07) is 14.8. The highest BCUT2D eigenvalue weighted by Crippen LogP contribution is 2.32. The zero-order chi connectivity index (χ0) is 14.1. The minimum Gasteiger partial charge on any atom is -0.486 e. The molecule has 0 radical (unpaired) electrons. The first-order chi connectivity index (χ1) is 10.4. The third-order valence-electron chi connectivity index (χ3n) is 4.44.